The van der Waals surface area contributed by atoms with Gasteiger partial charge in [-0.25, -0.2) is 0 Å². The number of aliphatic hydroxyl groups is 1. The first-order valence-electron chi connectivity index (χ1n) is 7.05. The third kappa shape index (κ3) is 3.49. The van der Waals surface area contributed by atoms with Crippen molar-refractivity contribution in [1.82, 2.24) is 10.2 Å². The molecule has 0 radical (unpaired) electrons. The zero-order chi connectivity index (χ0) is 14.5. The molecular weight excluding hydrogens is 256 g/mol. The highest BCUT2D eigenvalue weighted by Gasteiger charge is 2.22. The molecule has 5 heteroatoms. The Labute approximate surface area is 119 Å². The average Bonchev–Trinajstić information content (AvgIpc) is 2.93. The largest absolute Gasteiger partial charge is 0.508 e. The summed E-state index contributed by atoms with van der Waals surface area (Å²) in [6, 6.07) is 5.15. The van der Waals surface area contributed by atoms with Gasteiger partial charge >= 0.3 is 0 Å². The van der Waals surface area contributed by atoms with Crippen LogP contribution < -0.4 is 5.32 Å². The lowest BCUT2D eigenvalue weighted by atomic mass is 10.1. The summed E-state index contributed by atoms with van der Waals surface area (Å²) in [6.07, 6.45) is 2.19. The maximum absolute atomic E-state index is 12.5. The fourth-order valence-electron chi connectivity index (χ4n) is 2.55. The number of aryl methyl sites for hydroxylation is 1. The Balaban J connectivity index is 2.10. The Hall–Kier alpha value is -1.59. The second kappa shape index (κ2) is 6.72. The molecule has 110 valence electrons. The molecule has 1 aromatic rings. The number of hydrogen-bond acceptors (Lipinski definition) is 4. The van der Waals surface area contributed by atoms with Gasteiger partial charge in [0.25, 0.3) is 5.91 Å². The smallest absolute Gasteiger partial charge is 0.253 e. The number of hydrogen-bond donors (Lipinski definition) is 3. The van der Waals surface area contributed by atoms with Gasteiger partial charge in [-0.3, -0.25) is 4.79 Å². The Bertz CT molecular complexity index is 470. The van der Waals surface area contributed by atoms with Crippen LogP contribution >= 0.6 is 0 Å². The third-order valence-electron chi connectivity index (χ3n) is 3.70. The van der Waals surface area contributed by atoms with E-state index in [9.17, 15) is 9.90 Å². The highest BCUT2D eigenvalue weighted by Crippen LogP contribution is 2.18. The molecule has 1 saturated heterocycles. The third-order valence-corrected chi connectivity index (χ3v) is 3.70. The maximum Gasteiger partial charge on any atom is 0.253 e. The summed E-state index contributed by atoms with van der Waals surface area (Å²) in [6.45, 7) is 3.65. The second-order valence-electron chi connectivity index (χ2n) is 5.27. The number of amides is 1. The van der Waals surface area contributed by atoms with Crippen molar-refractivity contribution in [3.8, 4) is 5.75 Å². The molecule has 1 amide bonds. The Morgan fingerprint density at radius 2 is 2.30 bits per heavy atom. The lowest BCUT2D eigenvalue weighted by Gasteiger charge is -2.25. The summed E-state index contributed by atoms with van der Waals surface area (Å²) in [4.78, 5) is 14.2. The SMILES string of the molecule is Cc1cc(C(=O)N(CCO)CC2CCCN2)ccc1O. The van der Waals surface area contributed by atoms with Gasteiger partial charge in [-0.15, -0.1) is 0 Å². The van der Waals surface area contributed by atoms with E-state index in [1.54, 1.807) is 24.0 Å². The number of aromatic hydroxyl groups is 1. The molecule has 1 heterocycles. The number of nitrogens with one attached hydrogen (secondary N) is 1. The molecule has 0 saturated carbocycles. The van der Waals surface area contributed by atoms with Gasteiger partial charge < -0.3 is 20.4 Å². The topological polar surface area (TPSA) is 72.8 Å². The lowest BCUT2D eigenvalue weighted by molar-refractivity contribution is 0.0706. The zero-order valence-corrected chi connectivity index (χ0v) is 11.8. The normalized spacial score (nSPS) is 18.2. The zero-order valence-electron chi connectivity index (χ0n) is 11.8. The van der Waals surface area contributed by atoms with Gasteiger partial charge in [-0.1, -0.05) is 0 Å². The van der Waals surface area contributed by atoms with E-state index in [-0.39, 0.29) is 18.3 Å². The molecule has 0 aromatic heterocycles. The van der Waals surface area contributed by atoms with E-state index in [4.69, 9.17) is 5.11 Å². The Morgan fingerprint density at radius 3 is 2.90 bits per heavy atom. The van der Waals surface area contributed by atoms with Crippen LogP contribution in [0, 0.1) is 6.92 Å². The van der Waals surface area contributed by atoms with Gasteiger partial charge in [0.2, 0.25) is 0 Å². The van der Waals surface area contributed by atoms with E-state index in [0.717, 1.165) is 19.4 Å². The number of aliphatic hydroxyl groups excluding tert-OH is 1. The molecule has 2 rings (SSSR count). The highest BCUT2D eigenvalue weighted by atomic mass is 16.3. The van der Waals surface area contributed by atoms with Crippen LogP contribution in [0.2, 0.25) is 0 Å². The molecule has 0 aliphatic carbocycles. The first-order chi connectivity index (χ1) is 9.61. The van der Waals surface area contributed by atoms with Gasteiger partial charge in [0, 0.05) is 24.7 Å². The molecule has 1 fully saturated rings. The van der Waals surface area contributed by atoms with Gasteiger partial charge in [0.05, 0.1) is 6.61 Å². The van der Waals surface area contributed by atoms with Crippen LogP contribution in [0.4, 0.5) is 0 Å². The van der Waals surface area contributed by atoms with Crippen molar-refractivity contribution in [3.63, 3.8) is 0 Å². The van der Waals surface area contributed by atoms with Crippen molar-refractivity contribution in [2.24, 2.45) is 0 Å². The van der Waals surface area contributed by atoms with Gasteiger partial charge in [0.15, 0.2) is 0 Å². The first kappa shape index (κ1) is 14.8. The maximum atomic E-state index is 12.5. The number of phenolic OH excluding ortho intramolecular Hbond substituents is 1. The fourth-order valence-corrected chi connectivity index (χ4v) is 2.55. The molecule has 20 heavy (non-hydrogen) atoms. The van der Waals surface area contributed by atoms with Crippen molar-refractivity contribution in [3.05, 3.63) is 29.3 Å². The molecule has 1 atom stereocenters. The molecule has 1 aliphatic rings. The summed E-state index contributed by atoms with van der Waals surface area (Å²) in [5.41, 5.74) is 1.23. The van der Waals surface area contributed by atoms with Crippen molar-refractivity contribution in [2.45, 2.75) is 25.8 Å². The van der Waals surface area contributed by atoms with E-state index < -0.39 is 0 Å². The Kier molecular flexibility index (Phi) is 4.98. The summed E-state index contributed by atoms with van der Waals surface area (Å²) in [7, 11) is 0. The minimum Gasteiger partial charge on any atom is -0.508 e. The van der Waals surface area contributed by atoms with E-state index in [0.29, 0.717) is 30.3 Å². The second-order valence-corrected chi connectivity index (χ2v) is 5.27. The van der Waals surface area contributed by atoms with Crippen LogP contribution in [0.1, 0.15) is 28.8 Å². The summed E-state index contributed by atoms with van der Waals surface area (Å²) in [5, 5.41) is 22.0. The number of carbonyl (C=O) groups is 1. The molecule has 3 N–H and O–H groups in total. The van der Waals surface area contributed by atoms with Crippen LogP contribution in [0.5, 0.6) is 5.75 Å². The quantitative estimate of drug-likeness (QED) is 0.748. The lowest BCUT2D eigenvalue weighted by Crippen LogP contribution is -2.42. The van der Waals surface area contributed by atoms with Crippen molar-refractivity contribution >= 4 is 5.91 Å². The van der Waals surface area contributed by atoms with E-state index in [1.165, 1.54) is 6.07 Å². The fraction of sp³-hybridized carbons (Fsp3) is 0.533. The molecule has 0 spiro atoms. The van der Waals surface area contributed by atoms with E-state index >= 15 is 0 Å². The minimum absolute atomic E-state index is 0.0461. The predicted molar refractivity (Wildman–Crippen MR) is 76.9 cm³/mol. The number of nitrogens with zero attached hydrogens (tertiary/aromatic N) is 1. The number of phenols is 1. The monoisotopic (exact) mass is 278 g/mol. The van der Waals surface area contributed by atoms with Gasteiger partial charge in [-0.05, 0) is 50.1 Å². The Morgan fingerprint density at radius 1 is 1.50 bits per heavy atom. The summed E-state index contributed by atoms with van der Waals surface area (Å²) in [5.74, 6) is 0.0866. The first-order valence-corrected chi connectivity index (χ1v) is 7.05. The molecule has 1 unspecified atom stereocenters. The molecule has 0 bridgehead atoms. The van der Waals surface area contributed by atoms with Crippen molar-refractivity contribution < 1.29 is 15.0 Å². The van der Waals surface area contributed by atoms with Crippen LogP contribution in [0.3, 0.4) is 0 Å². The van der Waals surface area contributed by atoms with Crippen LogP contribution in [-0.4, -0.2) is 53.3 Å². The summed E-state index contributed by atoms with van der Waals surface area (Å²) >= 11 is 0. The van der Waals surface area contributed by atoms with E-state index in [1.807, 2.05) is 0 Å². The molecule has 5 nitrogen and oxygen atoms in total. The van der Waals surface area contributed by atoms with Crippen LogP contribution in [-0.2, 0) is 0 Å². The summed E-state index contributed by atoms with van der Waals surface area (Å²) < 4.78 is 0. The average molecular weight is 278 g/mol. The number of rotatable bonds is 5. The molecule has 1 aliphatic heterocycles. The van der Waals surface area contributed by atoms with Crippen molar-refractivity contribution in [2.75, 3.05) is 26.2 Å². The molecular formula is C15H22N2O3. The minimum atomic E-state index is -0.101. The molecule has 1 aromatic carbocycles. The van der Waals surface area contributed by atoms with Crippen LogP contribution in [0.25, 0.3) is 0 Å². The van der Waals surface area contributed by atoms with E-state index in [2.05, 4.69) is 5.32 Å². The van der Waals surface area contributed by atoms with Crippen LogP contribution in [0.15, 0.2) is 18.2 Å². The highest BCUT2D eigenvalue weighted by molar-refractivity contribution is 5.94. The van der Waals surface area contributed by atoms with Gasteiger partial charge in [0.1, 0.15) is 5.75 Å². The number of carbonyl (C=O) groups excluding carboxylic acids is 1. The van der Waals surface area contributed by atoms with Crippen molar-refractivity contribution in [1.29, 1.82) is 0 Å². The van der Waals surface area contributed by atoms with Gasteiger partial charge in [-0.2, -0.15) is 0 Å². The number of benzene rings is 1. The predicted octanol–water partition coefficient (Wildman–Crippen LogP) is 0.887. The standard InChI is InChI=1S/C15H22N2O3/c1-11-9-12(4-5-14(11)19)15(20)17(7-8-18)10-13-3-2-6-16-13/h4-5,9,13,16,18-19H,2-3,6-8,10H2,1H3.